The van der Waals surface area contributed by atoms with Gasteiger partial charge in [0.05, 0.1) is 0 Å². The Labute approximate surface area is 356 Å². The number of carbonyl (C=O) groups excluding carboxylic acids is 2. The van der Waals surface area contributed by atoms with E-state index < -0.39 is 0 Å². The summed E-state index contributed by atoms with van der Waals surface area (Å²) in [7, 11) is 0. The van der Waals surface area contributed by atoms with E-state index in [1.807, 2.05) is 4.90 Å². The first-order valence-corrected chi connectivity index (χ1v) is 22.3. The minimum atomic E-state index is -0.0873. The summed E-state index contributed by atoms with van der Waals surface area (Å²) in [5.74, 6) is 5.95. The lowest BCUT2D eigenvalue weighted by Gasteiger charge is -2.58. The van der Waals surface area contributed by atoms with E-state index in [9.17, 15) is 9.59 Å². The average Bonchev–Trinajstić information content (AvgIpc) is 3.48. The molecule has 4 aliphatic rings. The number of nitrogens with zero attached hydrogens (tertiary/aromatic N) is 1. The lowest BCUT2D eigenvalue weighted by atomic mass is 9.47. The third-order valence-electron chi connectivity index (χ3n) is 15.2. The number of hydrogen-bond donors (Lipinski definition) is 3. The molecule has 0 spiro atoms. The molecule has 7 unspecified atom stereocenters. The fourth-order valence-electron chi connectivity index (χ4n) is 11.9. The van der Waals surface area contributed by atoms with E-state index >= 15 is 0 Å². The van der Waals surface area contributed by atoms with Gasteiger partial charge >= 0.3 is 5.97 Å². The van der Waals surface area contributed by atoms with Gasteiger partial charge in [-0.3, -0.25) is 9.59 Å². The maximum atomic E-state index is 13.0. The van der Waals surface area contributed by atoms with Gasteiger partial charge in [-0.2, -0.15) is 0 Å². The van der Waals surface area contributed by atoms with E-state index in [4.69, 9.17) is 16.2 Å². The monoisotopic (exact) mass is 835 g/mol. The van der Waals surface area contributed by atoms with Crippen LogP contribution in [0, 0.1) is 52.3 Å². The zero-order chi connectivity index (χ0) is 37.7. The molecule has 0 heterocycles. The predicted octanol–water partition coefficient (Wildman–Crippen LogP) is 10.3. The molecule has 55 heavy (non-hydrogen) atoms. The number of rotatable bonds is 23. The predicted molar refractivity (Wildman–Crippen MR) is 238 cm³/mol. The Hall–Kier alpha value is -0.570. The highest BCUT2D eigenvalue weighted by Crippen LogP contribution is 2.67. The first kappa shape index (κ1) is 52.4. The smallest absolute Gasteiger partial charge is 0.306 e. The Kier molecular flexibility index (Phi) is 24.6. The van der Waals surface area contributed by atoms with Crippen molar-refractivity contribution in [3.8, 4) is 0 Å². The van der Waals surface area contributed by atoms with Gasteiger partial charge < -0.3 is 26.4 Å². The molecular formula is C45H85Cl3N4O3. The van der Waals surface area contributed by atoms with Gasteiger partial charge in [-0.25, -0.2) is 0 Å². The molecule has 0 aromatic carbocycles. The number of allylic oxidation sites excluding steroid dienone is 1. The molecule has 3 saturated carbocycles. The van der Waals surface area contributed by atoms with Crippen LogP contribution in [-0.4, -0.2) is 62.1 Å². The number of esters is 1. The zero-order valence-corrected chi connectivity index (χ0v) is 38.4. The van der Waals surface area contributed by atoms with Gasteiger partial charge in [0.15, 0.2) is 0 Å². The number of amides is 1. The number of unbranched alkanes of at least 4 members (excludes halogenated alkanes) is 2. The van der Waals surface area contributed by atoms with E-state index in [1.54, 1.807) is 5.57 Å². The summed E-state index contributed by atoms with van der Waals surface area (Å²) in [4.78, 5) is 28.0. The Morgan fingerprint density at radius 3 is 2.24 bits per heavy atom. The molecule has 0 saturated heterocycles. The zero-order valence-electron chi connectivity index (χ0n) is 35.9. The Morgan fingerprint density at radius 2 is 1.55 bits per heavy atom. The number of nitrogens with two attached hydrogens (primary N) is 2. The molecule has 0 radical (unpaired) electrons. The van der Waals surface area contributed by atoms with Crippen molar-refractivity contribution in [1.29, 1.82) is 0 Å². The molecule has 0 aromatic rings. The molecule has 324 valence electrons. The lowest BCUT2D eigenvalue weighted by Crippen LogP contribution is -2.51. The molecule has 0 aromatic heterocycles. The number of carbonyl (C=O) groups is 2. The van der Waals surface area contributed by atoms with Gasteiger partial charge in [-0.15, -0.1) is 37.2 Å². The summed E-state index contributed by atoms with van der Waals surface area (Å²) in [6, 6.07) is 0. The second kappa shape index (κ2) is 25.8. The van der Waals surface area contributed by atoms with Crippen LogP contribution in [0.15, 0.2) is 11.6 Å². The maximum Gasteiger partial charge on any atom is 0.306 e. The van der Waals surface area contributed by atoms with Gasteiger partial charge in [-0.05, 0) is 168 Å². The lowest BCUT2D eigenvalue weighted by molar-refractivity contribution is -0.151. The summed E-state index contributed by atoms with van der Waals surface area (Å²) in [5.41, 5.74) is 13.7. The summed E-state index contributed by atoms with van der Waals surface area (Å²) in [5, 5.41) is 3.41. The van der Waals surface area contributed by atoms with Crippen molar-refractivity contribution in [2.75, 3.05) is 39.3 Å². The van der Waals surface area contributed by atoms with Crippen molar-refractivity contribution >= 4 is 49.1 Å². The quantitative estimate of drug-likeness (QED) is 0.0537. The molecular weight excluding hydrogens is 751 g/mol. The average molecular weight is 837 g/mol. The van der Waals surface area contributed by atoms with Gasteiger partial charge in [0.1, 0.15) is 6.10 Å². The molecule has 4 aliphatic carbocycles. The van der Waals surface area contributed by atoms with Crippen molar-refractivity contribution in [3.05, 3.63) is 11.6 Å². The molecule has 3 fully saturated rings. The van der Waals surface area contributed by atoms with Crippen LogP contribution < -0.4 is 16.8 Å². The van der Waals surface area contributed by atoms with Crippen LogP contribution in [0.25, 0.3) is 0 Å². The van der Waals surface area contributed by atoms with Crippen molar-refractivity contribution in [2.45, 2.75) is 170 Å². The van der Waals surface area contributed by atoms with Crippen LogP contribution >= 0.6 is 37.2 Å². The fraction of sp³-hybridized carbons (Fsp3) is 0.911. The van der Waals surface area contributed by atoms with Crippen molar-refractivity contribution < 1.29 is 14.3 Å². The van der Waals surface area contributed by atoms with E-state index in [0.717, 1.165) is 112 Å². The first-order valence-electron chi connectivity index (χ1n) is 22.3. The minimum Gasteiger partial charge on any atom is -0.462 e. The van der Waals surface area contributed by atoms with E-state index in [2.05, 4.69) is 52.9 Å². The summed E-state index contributed by atoms with van der Waals surface area (Å²) < 4.78 is 6.12. The minimum absolute atomic E-state index is 0. The summed E-state index contributed by atoms with van der Waals surface area (Å²) in [6.45, 7) is 19.8. The summed E-state index contributed by atoms with van der Waals surface area (Å²) in [6.07, 6.45) is 22.8. The number of fused-ring (bicyclic) bond motifs is 5. The van der Waals surface area contributed by atoms with Crippen molar-refractivity contribution in [3.63, 3.8) is 0 Å². The second-order valence-corrected chi connectivity index (χ2v) is 18.6. The number of nitrogens with one attached hydrogen (secondary N) is 1. The van der Waals surface area contributed by atoms with Crippen LogP contribution in [0.1, 0.15) is 164 Å². The number of ether oxygens (including phenoxy) is 1. The molecule has 1 amide bonds. The van der Waals surface area contributed by atoms with E-state index in [-0.39, 0.29) is 60.6 Å². The normalized spacial score (nSPS) is 29.3. The standard InChI is InChI=1S/C45H82N4O3.3ClH/c1-7-35(33(2)3)17-16-34(4)39-20-21-40-38-19-18-36-32-37(22-24-44(36,5)41(38)23-25-45(39,40)6)52-43(51)15-9-8-14-42(50)49(31-13-27-47)30-11-10-28-48-29-12-26-46;;;/h18,33-35,37-41,48H,7-17,19-32,46-47H2,1-6H3;3*1H/t34-,35-,37?,38?,39?,40?,41?,44?,45?;;;/m1.../s1. The highest BCUT2D eigenvalue weighted by atomic mass is 35.5. The first-order chi connectivity index (χ1) is 25.0. The van der Waals surface area contributed by atoms with Crippen LogP contribution in [0.4, 0.5) is 0 Å². The van der Waals surface area contributed by atoms with E-state index in [1.165, 1.54) is 51.4 Å². The third kappa shape index (κ3) is 14.0. The number of halogens is 3. The van der Waals surface area contributed by atoms with Crippen molar-refractivity contribution in [2.24, 2.45) is 63.7 Å². The highest BCUT2D eigenvalue weighted by Gasteiger charge is 2.59. The highest BCUT2D eigenvalue weighted by molar-refractivity contribution is 5.86. The molecule has 10 heteroatoms. The van der Waals surface area contributed by atoms with Crippen LogP contribution in [0.3, 0.4) is 0 Å². The van der Waals surface area contributed by atoms with Gasteiger partial charge in [0, 0.05) is 32.4 Å². The topological polar surface area (TPSA) is 111 Å². The van der Waals surface area contributed by atoms with Crippen LogP contribution in [0.2, 0.25) is 0 Å². The van der Waals surface area contributed by atoms with Crippen LogP contribution in [-0.2, 0) is 14.3 Å². The summed E-state index contributed by atoms with van der Waals surface area (Å²) >= 11 is 0. The second-order valence-electron chi connectivity index (χ2n) is 18.6. The third-order valence-corrected chi connectivity index (χ3v) is 15.2. The molecule has 4 rings (SSSR count). The molecule has 7 nitrogen and oxygen atoms in total. The van der Waals surface area contributed by atoms with Crippen LogP contribution in [0.5, 0.6) is 0 Å². The molecule has 0 aliphatic heterocycles. The molecule has 5 N–H and O–H groups in total. The molecule has 9 atom stereocenters. The Morgan fingerprint density at radius 1 is 0.855 bits per heavy atom. The van der Waals surface area contributed by atoms with Gasteiger partial charge in [0.2, 0.25) is 5.91 Å². The number of hydrogen-bond acceptors (Lipinski definition) is 6. The Bertz CT molecular complexity index is 1140. The van der Waals surface area contributed by atoms with Crippen molar-refractivity contribution in [1.82, 2.24) is 10.2 Å². The SMILES string of the molecule is CC[C@H](CC[C@@H](C)C1CCC2C3CC=C4CC(OC(=O)CCCCC(=O)N(CCCN)CCCCNCCCN)CCC4(C)C3CCC21C)C(C)C.Cl.Cl.Cl. The Balaban J connectivity index is 0.00000504. The largest absolute Gasteiger partial charge is 0.462 e. The van der Waals surface area contributed by atoms with Gasteiger partial charge in [0.25, 0.3) is 0 Å². The fourth-order valence-corrected chi connectivity index (χ4v) is 11.9. The van der Waals surface area contributed by atoms with E-state index in [0.29, 0.717) is 44.3 Å². The molecule has 0 bridgehead atoms. The maximum absolute atomic E-state index is 13.0. The van der Waals surface area contributed by atoms with Gasteiger partial charge in [-0.1, -0.05) is 66.0 Å².